The van der Waals surface area contributed by atoms with E-state index in [-0.39, 0.29) is 43.0 Å². The van der Waals surface area contributed by atoms with E-state index in [1.54, 1.807) is 22.1 Å². The van der Waals surface area contributed by atoms with Crippen LogP contribution in [-0.4, -0.2) is 63.5 Å². The van der Waals surface area contributed by atoms with Crippen LogP contribution < -0.4 is 10.5 Å². The first-order chi connectivity index (χ1) is 25.0. The largest absolute Gasteiger partial charge is 0.432 e. The van der Waals surface area contributed by atoms with Crippen LogP contribution in [0, 0.1) is 5.92 Å². The molecule has 1 fully saturated rings. The van der Waals surface area contributed by atoms with E-state index in [9.17, 15) is 24.3 Å². The lowest BCUT2D eigenvalue weighted by Crippen LogP contribution is -2.48. The summed E-state index contributed by atoms with van der Waals surface area (Å²) >= 11 is 0. The molecule has 52 heavy (non-hydrogen) atoms. The summed E-state index contributed by atoms with van der Waals surface area (Å²) in [4.78, 5) is 57.3. The van der Waals surface area contributed by atoms with Crippen molar-refractivity contribution in [2.75, 3.05) is 11.5 Å². The van der Waals surface area contributed by atoms with Gasteiger partial charge < -0.3 is 24.4 Å². The van der Waals surface area contributed by atoms with Gasteiger partial charge in [-0.15, -0.1) is 0 Å². The fraction of sp³-hybridized carbons (Fsp3) is 0.317. The number of aliphatic hydroxyl groups excluding tert-OH is 1. The molecule has 266 valence electrons. The number of benzene rings is 4. The molecule has 4 aromatic carbocycles. The summed E-state index contributed by atoms with van der Waals surface area (Å²) in [5.41, 5.74) is 3.10. The van der Waals surface area contributed by atoms with E-state index in [0.29, 0.717) is 24.0 Å². The van der Waals surface area contributed by atoms with Gasteiger partial charge in [0.2, 0.25) is 5.91 Å². The Morgan fingerprint density at radius 1 is 0.942 bits per heavy atom. The lowest BCUT2D eigenvalue weighted by Gasteiger charge is -2.37. The molecule has 1 spiro atoms. The average molecular weight is 715 g/mol. The third-order valence-corrected chi connectivity index (χ3v) is 13.9. The second-order valence-corrected chi connectivity index (χ2v) is 18.9. The molecule has 5 atom stereocenters. The van der Waals surface area contributed by atoms with Gasteiger partial charge in [-0.05, 0) is 60.5 Å². The molecule has 10 nitrogen and oxygen atoms in total. The highest BCUT2D eigenvalue weighted by Crippen LogP contribution is 2.59. The lowest BCUT2D eigenvalue weighted by atomic mass is 9.82. The molecule has 3 aliphatic rings. The van der Waals surface area contributed by atoms with E-state index >= 15 is 0 Å². The van der Waals surface area contributed by atoms with E-state index in [2.05, 4.69) is 5.10 Å². The zero-order valence-corrected chi connectivity index (χ0v) is 30.5. The summed E-state index contributed by atoms with van der Waals surface area (Å²) in [6, 6.07) is 30.0. The Labute approximate surface area is 303 Å². The number of ether oxygens (including phenoxy) is 1. The molecule has 4 heterocycles. The second kappa shape index (κ2) is 12.9. The number of aliphatic hydroxyl groups is 1. The molecule has 5 aromatic rings. The third-order valence-electron chi connectivity index (χ3n) is 11.4. The first kappa shape index (κ1) is 34.2. The van der Waals surface area contributed by atoms with E-state index < -0.39 is 31.5 Å². The molecular formula is C41H42N4O6Si. The molecule has 11 heteroatoms. The van der Waals surface area contributed by atoms with Crippen molar-refractivity contribution in [1.29, 1.82) is 0 Å². The molecule has 2 N–H and O–H groups in total. The van der Waals surface area contributed by atoms with Gasteiger partial charge in [0.05, 0.1) is 54.7 Å². The Morgan fingerprint density at radius 2 is 1.63 bits per heavy atom. The van der Waals surface area contributed by atoms with Crippen LogP contribution in [0.2, 0.25) is 18.6 Å². The van der Waals surface area contributed by atoms with Gasteiger partial charge in [-0.2, -0.15) is 9.78 Å². The maximum Gasteiger partial charge on any atom is 0.279 e. The molecule has 2 amide bonds. The number of para-hydroxylation sites is 1. The molecule has 0 saturated carbocycles. The predicted octanol–water partition coefficient (Wildman–Crippen LogP) is 5.07. The van der Waals surface area contributed by atoms with E-state index in [0.717, 1.165) is 33.3 Å². The van der Waals surface area contributed by atoms with Crippen molar-refractivity contribution in [3.63, 3.8) is 0 Å². The van der Waals surface area contributed by atoms with Gasteiger partial charge in [0.25, 0.3) is 11.5 Å². The standard InChI is InChI=1S/C41H42N4O6Si/c1-26-38(52(2,3)50)36(21-37(47)43-24-30-12-5-4-10-28(30)20-32(43)25-46)51-41(26)34-14-8-9-15-35(34)44(40(41)49)23-27-16-18-31(19-17-27)45-39(48)33-13-7-6-11-29(33)22-42-45/h4-19,22,26,32,36,38,46,50H,20-21,23-25H2,1-3H3/t26-,32+,36+,38-,41+/m1/s1. The zero-order valence-electron chi connectivity index (χ0n) is 29.5. The number of carbonyl (C=O) groups excluding carboxylic acids is 2. The van der Waals surface area contributed by atoms with E-state index in [1.165, 1.54) is 4.68 Å². The van der Waals surface area contributed by atoms with Crippen LogP contribution in [0.3, 0.4) is 0 Å². The number of hydrogen-bond donors (Lipinski definition) is 2. The van der Waals surface area contributed by atoms with Crippen LogP contribution in [0.1, 0.15) is 35.6 Å². The number of carbonyl (C=O) groups is 2. The Balaban J connectivity index is 1.08. The van der Waals surface area contributed by atoms with Crippen molar-refractivity contribution in [1.82, 2.24) is 14.7 Å². The molecular weight excluding hydrogens is 673 g/mol. The van der Waals surface area contributed by atoms with Crippen molar-refractivity contribution in [2.45, 2.75) is 69.2 Å². The Hall–Kier alpha value is -4.94. The fourth-order valence-electron chi connectivity index (χ4n) is 8.92. The third kappa shape index (κ3) is 5.50. The summed E-state index contributed by atoms with van der Waals surface area (Å²) in [5, 5.41) is 16.0. The SMILES string of the molecule is C[C@@H]1[C@@H]([Si](C)(C)O)[C@H](CC(=O)N2Cc3ccccc3C[C@H]2CO)O[C@@]12C(=O)N(Cc1ccc(-n3ncc4ccccc4c3=O)cc1)c1ccccc12. The van der Waals surface area contributed by atoms with Gasteiger partial charge in [-0.3, -0.25) is 14.4 Å². The number of nitrogens with zero attached hydrogens (tertiary/aromatic N) is 4. The van der Waals surface area contributed by atoms with Crippen LogP contribution in [-0.2, 0) is 39.4 Å². The van der Waals surface area contributed by atoms with Gasteiger partial charge in [0.1, 0.15) is 0 Å². The molecule has 0 unspecified atom stereocenters. The number of anilines is 1. The maximum absolute atomic E-state index is 14.9. The van der Waals surface area contributed by atoms with Crippen molar-refractivity contribution in [3.8, 4) is 5.69 Å². The van der Waals surface area contributed by atoms with Gasteiger partial charge in [-0.25, -0.2) is 0 Å². The second-order valence-electron chi connectivity index (χ2n) is 14.9. The zero-order chi connectivity index (χ0) is 36.4. The number of hydrogen-bond acceptors (Lipinski definition) is 7. The van der Waals surface area contributed by atoms with Crippen molar-refractivity contribution < 1.29 is 24.2 Å². The monoisotopic (exact) mass is 714 g/mol. The van der Waals surface area contributed by atoms with Crippen LogP contribution >= 0.6 is 0 Å². The first-order valence-electron chi connectivity index (χ1n) is 17.9. The lowest BCUT2D eigenvalue weighted by molar-refractivity contribution is -0.151. The number of fused-ring (bicyclic) bond motifs is 4. The predicted molar refractivity (Wildman–Crippen MR) is 200 cm³/mol. The highest BCUT2D eigenvalue weighted by atomic mass is 28.4. The van der Waals surface area contributed by atoms with Crippen LogP contribution in [0.5, 0.6) is 0 Å². The smallest absolute Gasteiger partial charge is 0.279 e. The van der Waals surface area contributed by atoms with Gasteiger partial charge in [0, 0.05) is 29.0 Å². The van der Waals surface area contributed by atoms with Crippen LogP contribution in [0.25, 0.3) is 16.5 Å². The van der Waals surface area contributed by atoms with Crippen LogP contribution in [0.15, 0.2) is 108 Å². The molecule has 8 rings (SSSR count). The Kier molecular flexibility index (Phi) is 8.49. The highest BCUT2D eigenvalue weighted by molar-refractivity contribution is 6.71. The minimum absolute atomic E-state index is 0.00843. The molecule has 3 aliphatic heterocycles. The Bertz CT molecular complexity index is 2250. The number of rotatable bonds is 7. The summed E-state index contributed by atoms with van der Waals surface area (Å²) < 4.78 is 8.29. The maximum atomic E-state index is 14.9. The van der Waals surface area contributed by atoms with Gasteiger partial charge in [0.15, 0.2) is 13.9 Å². The van der Waals surface area contributed by atoms with Crippen LogP contribution in [0.4, 0.5) is 5.69 Å². The summed E-state index contributed by atoms with van der Waals surface area (Å²) in [7, 11) is -3.00. The van der Waals surface area contributed by atoms with Crippen molar-refractivity contribution >= 4 is 36.6 Å². The van der Waals surface area contributed by atoms with Crippen molar-refractivity contribution in [3.05, 3.63) is 136 Å². The molecule has 0 radical (unpaired) electrons. The molecule has 0 bridgehead atoms. The number of amides is 2. The number of aromatic nitrogens is 2. The average Bonchev–Trinajstić information content (AvgIpc) is 3.57. The minimum Gasteiger partial charge on any atom is -0.432 e. The minimum atomic E-state index is -3.00. The van der Waals surface area contributed by atoms with Gasteiger partial charge in [-0.1, -0.05) is 79.7 Å². The molecule has 1 aromatic heterocycles. The normalized spacial score (nSPS) is 24.1. The Morgan fingerprint density at radius 3 is 2.38 bits per heavy atom. The van der Waals surface area contributed by atoms with E-state index in [4.69, 9.17) is 4.74 Å². The summed E-state index contributed by atoms with van der Waals surface area (Å²) in [6.45, 7) is 6.15. The summed E-state index contributed by atoms with van der Waals surface area (Å²) in [6.07, 6.45) is 1.53. The quantitative estimate of drug-likeness (QED) is 0.226. The van der Waals surface area contributed by atoms with Gasteiger partial charge >= 0.3 is 0 Å². The van der Waals surface area contributed by atoms with E-state index in [1.807, 2.05) is 111 Å². The topological polar surface area (TPSA) is 125 Å². The first-order valence-corrected chi connectivity index (χ1v) is 20.9. The fourth-order valence-corrected chi connectivity index (χ4v) is 11.5. The van der Waals surface area contributed by atoms with Crippen molar-refractivity contribution in [2.24, 2.45) is 5.92 Å². The molecule has 0 aliphatic carbocycles. The highest BCUT2D eigenvalue weighted by Gasteiger charge is 2.66. The summed E-state index contributed by atoms with van der Waals surface area (Å²) in [5.74, 6) is -0.808. The molecule has 1 saturated heterocycles.